The average Bonchev–Trinajstić information content (AvgIpc) is 2.18. The van der Waals surface area contributed by atoms with Gasteiger partial charge in [0.25, 0.3) is 0 Å². The molecule has 0 aromatic rings. The number of rotatable bonds is 3. The lowest BCUT2D eigenvalue weighted by atomic mass is 9.68. The summed E-state index contributed by atoms with van der Waals surface area (Å²) in [6, 6.07) is 0. The van der Waals surface area contributed by atoms with Crippen molar-refractivity contribution in [2.75, 3.05) is 6.54 Å². The van der Waals surface area contributed by atoms with Gasteiger partial charge in [-0.1, -0.05) is 40.0 Å². The largest absolute Gasteiger partial charge is 0.330 e. The molecule has 1 heteroatoms. The Labute approximate surface area is 83.1 Å². The van der Waals surface area contributed by atoms with Gasteiger partial charge in [0, 0.05) is 0 Å². The lowest BCUT2D eigenvalue weighted by Crippen LogP contribution is -2.35. The Morgan fingerprint density at radius 2 is 2.00 bits per heavy atom. The maximum absolute atomic E-state index is 5.82. The maximum atomic E-state index is 5.82. The Hall–Kier alpha value is -0.0400. The monoisotopic (exact) mass is 183 g/mol. The fourth-order valence-corrected chi connectivity index (χ4v) is 2.54. The van der Waals surface area contributed by atoms with Crippen LogP contribution >= 0.6 is 0 Å². The van der Waals surface area contributed by atoms with Crippen LogP contribution in [0.5, 0.6) is 0 Å². The standard InChI is InChI=1S/C12H25N/c1-4-10-6-5-7-11(8-10)12(2,3)9-13/h10-11H,4-9,13H2,1-3H3. The summed E-state index contributed by atoms with van der Waals surface area (Å²) < 4.78 is 0. The van der Waals surface area contributed by atoms with Gasteiger partial charge in [-0.3, -0.25) is 0 Å². The number of hydrogen-bond donors (Lipinski definition) is 1. The molecule has 2 N–H and O–H groups in total. The quantitative estimate of drug-likeness (QED) is 0.714. The molecule has 1 saturated carbocycles. The molecule has 1 aliphatic rings. The van der Waals surface area contributed by atoms with Crippen molar-refractivity contribution in [3.8, 4) is 0 Å². The third-order valence-electron chi connectivity index (χ3n) is 3.99. The highest BCUT2D eigenvalue weighted by molar-refractivity contribution is 4.84. The minimum Gasteiger partial charge on any atom is -0.330 e. The summed E-state index contributed by atoms with van der Waals surface area (Å²) >= 11 is 0. The summed E-state index contributed by atoms with van der Waals surface area (Å²) in [6.45, 7) is 7.82. The first-order valence-electron chi connectivity index (χ1n) is 5.80. The van der Waals surface area contributed by atoms with Crippen LogP contribution in [0.25, 0.3) is 0 Å². The highest BCUT2D eigenvalue weighted by Crippen LogP contribution is 2.40. The SMILES string of the molecule is CCC1CCCC(C(C)(C)CN)C1. The van der Waals surface area contributed by atoms with Crippen LogP contribution in [0.1, 0.15) is 52.9 Å². The second-order valence-electron chi connectivity index (χ2n) is 5.33. The van der Waals surface area contributed by atoms with Gasteiger partial charge in [-0.25, -0.2) is 0 Å². The van der Waals surface area contributed by atoms with Crippen LogP contribution in [0.2, 0.25) is 0 Å². The molecule has 0 aromatic heterocycles. The van der Waals surface area contributed by atoms with Gasteiger partial charge in [0.05, 0.1) is 0 Å². The van der Waals surface area contributed by atoms with Crippen molar-refractivity contribution in [1.82, 2.24) is 0 Å². The molecule has 1 aliphatic carbocycles. The molecule has 0 bridgehead atoms. The van der Waals surface area contributed by atoms with E-state index in [1.54, 1.807) is 0 Å². The molecule has 0 amide bonds. The van der Waals surface area contributed by atoms with Crippen LogP contribution in [-0.2, 0) is 0 Å². The minimum atomic E-state index is 0.369. The van der Waals surface area contributed by atoms with Crippen LogP contribution in [0.15, 0.2) is 0 Å². The van der Waals surface area contributed by atoms with E-state index in [9.17, 15) is 0 Å². The molecule has 0 spiro atoms. The van der Waals surface area contributed by atoms with Crippen molar-refractivity contribution in [2.45, 2.75) is 52.9 Å². The maximum Gasteiger partial charge on any atom is -0.00232 e. The Bertz CT molecular complexity index is 151. The lowest BCUT2D eigenvalue weighted by Gasteiger charge is -2.39. The predicted molar refractivity (Wildman–Crippen MR) is 58.6 cm³/mol. The van der Waals surface area contributed by atoms with E-state index in [1.165, 1.54) is 32.1 Å². The van der Waals surface area contributed by atoms with Crippen molar-refractivity contribution in [3.63, 3.8) is 0 Å². The molecule has 0 radical (unpaired) electrons. The van der Waals surface area contributed by atoms with Crippen LogP contribution in [0.3, 0.4) is 0 Å². The molecule has 0 heterocycles. The molecule has 1 rings (SSSR count). The van der Waals surface area contributed by atoms with E-state index in [0.717, 1.165) is 18.4 Å². The zero-order valence-electron chi connectivity index (χ0n) is 9.47. The Balaban J connectivity index is 2.50. The van der Waals surface area contributed by atoms with Gasteiger partial charge >= 0.3 is 0 Å². The molecule has 1 nitrogen and oxygen atoms in total. The molecular formula is C12H25N. The number of nitrogens with two attached hydrogens (primary N) is 1. The van der Waals surface area contributed by atoms with Crippen molar-refractivity contribution in [1.29, 1.82) is 0 Å². The third kappa shape index (κ3) is 2.70. The molecule has 2 unspecified atom stereocenters. The van der Waals surface area contributed by atoms with E-state index in [2.05, 4.69) is 20.8 Å². The van der Waals surface area contributed by atoms with Crippen LogP contribution in [0.4, 0.5) is 0 Å². The van der Waals surface area contributed by atoms with Crippen molar-refractivity contribution in [2.24, 2.45) is 23.0 Å². The highest BCUT2D eigenvalue weighted by Gasteiger charge is 2.32. The lowest BCUT2D eigenvalue weighted by molar-refractivity contribution is 0.130. The Kier molecular flexibility index (Phi) is 3.78. The van der Waals surface area contributed by atoms with E-state index < -0.39 is 0 Å². The van der Waals surface area contributed by atoms with Gasteiger partial charge in [0.15, 0.2) is 0 Å². The van der Waals surface area contributed by atoms with Crippen molar-refractivity contribution in [3.05, 3.63) is 0 Å². The van der Waals surface area contributed by atoms with Gasteiger partial charge < -0.3 is 5.73 Å². The van der Waals surface area contributed by atoms with E-state index in [4.69, 9.17) is 5.73 Å². The van der Waals surface area contributed by atoms with E-state index in [0.29, 0.717) is 5.41 Å². The van der Waals surface area contributed by atoms with Gasteiger partial charge in [0.2, 0.25) is 0 Å². The predicted octanol–water partition coefficient (Wildman–Crippen LogP) is 3.19. The summed E-state index contributed by atoms with van der Waals surface area (Å²) in [4.78, 5) is 0. The topological polar surface area (TPSA) is 26.0 Å². The first-order valence-corrected chi connectivity index (χ1v) is 5.80. The van der Waals surface area contributed by atoms with Crippen molar-refractivity contribution >= 4 is 0 Å². The summed E-state index contributed by atoms with van der Waals surface area (Å²) in [5.74, 6) is 1.85. The number of hydrogen-bond acceptors (Lipinski definition) is 1. The summed E-state index contributed by atoms with van der Waals surface area (Å²) in [7, 11) is 0. The molecule has 1 fully saturated rings. The summed E-state index contributed by atoms with van der Waals surface area (Å²) in [5, 5.41) is 0. The second kappa shape index (κ2) is 4.45. The van der Waals surface area contributed by atoms with Gasteiger partial charge in [-0.2, -0.15) is 0 Å². The normalized spacial score (nSPS) is 30.5. The molecule has 78 valence electrons. The van der Waals surface area contributed by atoms with Crippen LogP contribution in [-0.4, -0.2) is 6.54 Å². The molecule has 2 atom stereocenters. The minimum absolute atomic E-state index is 0.369. The zero-order valence-corrected chi connectivity index (χ0v) is 9.47. The highest BCUT2D eigenvalue weighted by atomic mass is 14.6. The first-order chi connectivity index (χ1) is 6.10. The Morgan fingerprint density at radius 3 is 2.54 bits per heavy atom. The second-order valence-corrected chi connectivity index (χ2v) is 5.33. The Morgan fingerprint density at radius 1 is 1.31 bits per heavy atom. The fourth-order valence-electron chi connectivity index (χ4n) is 2.54. The fraction of sp³-hybridized carbons (Fsp3) is 1.00. The van der Waals surface area contributed by atoms with Gasteiger partial charge in [0.1, 0.15) is 0 Å². The summed E-state index contributed by atoms with van der Waals surface area (Å²) in [5.41, 5.74) is 6.19. The van der Waals surface area contributed by atoms with Gasteiger partial charge in [-0.15, -0.1) is 0 Å². The average molecular weight is 183 g/mol. The zero-order chi connectivity index (χ0) is 9.90. The molecule has 0 saturated heterocycles. The summed E-state index contributed by atoms with van der Waals surface area (Å²) in [6.07, 6.45) is 7.05. The van der Waals surface area contributed by atoms with E-state index >= 15 is 0 Å². The molecule has 0 aliphatic heterocycles. The van der Waals surface area contributed by atoms with Crippen LogP contribution < -0.4 is 5.73 Å². The van der Waals surface area contributed by atoms with E-state index in [1.807, 2.05) is 0 Å². The molecular weight excluding hydrogens is 158 g/mol. The van der Waals surface area contributed by atoms with Crippen LogP contribution in [0, 0.1) is 17.3 Å². The van der Waals surface area contributed by atoms with E-state index in [-0.39, 0.29) is 0 Å². The molecule has 0 aromatic carbocycles. The smallest absolute Gasteiger partial charge is 0.00232 e. The van der Waals surface area contributed by atoms with Crippen molar-refractivity contribution < 1.29 is 0 Å². The first kappa shape index (κ1) is 11.0. The molecule has 13 heavy (non-hydrogen) atoms. The van der Waals surface area contributed by atoms with Gasteiger partial charge in [-0.05, 0) is 36.6 Å². The third-order valence-corrected chi connectivity index (χ3v) is 3.99.